The van der Waals surface area contributed by atoms with E-state index in [0.29, 0.717) is 5.56 Å². The standard InChI is InChI=1S/C13H18FN3O2S/c1-9-2-3-10(14)8-12(9)20(18,19)17(11-4-5-11)7-6-13(15)16/h2-3,8,11H,4-7H2,1H3,(H3,15,16). The molecule has 0 bridgehead atoms. The van der Waals surface area contributed by atoms with Gasteiger partial charge in [0.1, 0.15) is 5.82 Å². The molecule has 0 atom stereocenters. The van der Waals surface area contributed by atoms with Gasteiger partial charge < -0.3 is 5.73 Å². The van der Waals surface area contributed by atoms with Crippen LogP contribution in [0.15, 0.2) is 23.1 Å². The number of nitrogens with two attached hydrogens (primary N) is 1. The topological polar surface area (TPSA) is 87.2 Å². The molecule has 1 aliphatic carbocycles. The molecule has 5 nitrogen and oxygen atoms in total. The van der Waals surface area contributed by atoms with Gasteiger partial charge in [-0.15, -0.1) is 0 Å². The highest BCUT2D eigenvalue weighted by Gasteiger charge is 2.38. The smallest absolute Gasteiger partial charge is 0.243 e. The molecule has 0 unspecified atom stereocenters. The molecule has 0 aromatic heterocycles. The van der Waals surface area contributed by atoms with Crippen LogP contribution in [0.4, 0.5) is 4.39 Å². The number of halogens is 1. The summed E-state index contributed by atoms with van der Waals surface area (Å²) in [6, 6.07) is 3.69. The van der Waals surface area contributed by atoms with Crippen LogP contribution in [0.25, 0.3) is 0 Å². The summed E-state index contributed by atoms with van der Waals surface area (Å²) >= 11 is 0. The van der Waals surface area contributed by atoms with Gasteiger partial charge in [0.15, 0.2) is 0 Å². The Bertz CT molecular complexity index is 627. The largest absolute Gasteiger partial charge is 0.388 e. The van der Waals surface area contributed by atoms with Crippen LogP contribution in [0.5, 0.6) is 0 Å². The second-order valence-corrected chi connectivity index (χ2v) is 6.89. The first kappa shape index (κ1) is 14.9. The monoisotopic (exact) mass is 299 g/mol. The van der Waals surface area contributed by atoms with Crippen molar-refractivity contribution in [3.63, 3.8) is 0 Å². The molecule has 1 aliphatic rings. The van der Waals surface area contributed by atoms with E-state index in [4.69, 9.17) is 11.1 Å². The SMILES string of the molecule is Cc1ccc(F)cc1S(=O)(=O)N(CCC(=N)N)C1CC1. The molecule has 2 rings (SSSR count). The van der Waals surface area contributed by atoms with Gasteiger partial charge >= 0.3 is 0 Å². The Balaban J connectivity index is 2.35. The Kier molecular flexibility index (Phi) is 4.10. The Morgan fingerprint density at radius 1 is 1.50 bits per heavy atom. The minimum absolute atomic E-state index is 0.00653. The summed E-state index contributed by atoms with van der Waals surface area (Å²) in [6.07, 6.45) is 1.78. The number of amidine groups is 1. The summed E-state index contributed by atoms with van der Waals surface area (Å²) in [5.41, 5.74) is 5.81. The number of hydrogen-bond acceptors (Lipinski definition) is 3. The van der Waals surface area contributed by atoms with Gasteiger partial charge in [0, 0.05) is 19.0 Å². The molecule has 3 N–H and O–H groups in total. The first-order chi connectivity index (χ1) is 9.32. The van der Waals surface area contributed by atoms with Gasteiger partial charge in [-0.3, -0.25) is 5.41 Å². The lowest BCUT2D eigenvalue weighted by molar-refractivity contribution is 0.411. The highest BCUT2D eigenvalue weighted by molar-refractivity contribution is 7.89. The molecule has 0 radical (unpaired) electrons. The van der Waals surface area contributed by atoms with E-state index in [1.165, 1.54) is 16.4 Å². The van der Waals surface area contributed by atoms with Gasteiger partial charge in [-0.1, -0.05) is 6.07 Å². The van der Waals surface area contributed by atoms with Gasteiger partial charge in [0.05, 0.1) is 10.7 Å². The Morgan fingerprint density at radius 3 is 2.70 bits per heavy atom. The van der Waals surface area contributed by atoms with E-state index >= 15 is 0 Å². The maximum absolute atomic E-state index is 13.3. The maximum Gasteiger partial charge on any atom is 0.243 e. The molecule has 1 saturated carbocycles. The van der Waals surface area contributed by atoms with Crippen molar-refractivity contribution >= 4 is 15.9 Å². The first-order valence-corrected chi connectivity index (χ1v) is 7.87. The minimum atomic E-state index is -3.75. The zero-order chi connectivity index (χ0) is 14.9. The third-order valence-electron chi connectivity index (χ3n) is 3.29. The molecule has 0 spiro atoms. The van der Waals surface area contributed by atoms with E-state index in [1.54, 1.807) is 6.92 Å². The van der Waals surface area contributed by atoms with Gasteiger partial charge in [-0.2, -0.15) is 4.31 Å². The van der Waals surface area contributed by atoms with Crippen LogP contribution in [0.1, 0.15) is 24.8 Å². The van der Waals surface area contributed by atoms with Crippen LogP contribution in [0, 0.1) is 18.2 Å². The fraction of sp³-hybridized carbons (Fsp3) is 0.462. The number of nitrogens with one attached hydrogen (secondary N) is 1. The van der Waals surface area contributed by atoms with Gasteiger partial charge in [0.2, 0.25) is 10.0 Å². The lowest BCUT2D eigenvalue weighted by Gasteiger charge is -2.22. The third-order valence-corrected chi connectivity index (χ3v) is 5.39. The molecule has 0 amide bonds. The van der Waals surface area contributed by atoms with Crippen LogP contribution in [0.3, 0.4) is 0 Å². The normalized spacial score (nSPS) is 15.6. The highest BCUT2D eigenvalue weighted by atomic mass is 32.2. The second-order valence-electron chi connectivity index (χ2n) is 5.03. The quantitative estimate of drug-likeness (QED) is 0.618. The fourth-order valence-electron chi connectivity index (χ4n) is 2.07. The summed E-state index contributed by atoms with van der Waals surface area (Å²) in [6.45, 7) is 1.81. The zero-order valence-corrected chi connectivity index (χ0v) is 12.1. The molecule has 110 valence electrons. The lowest BCUT2D eigenvalue weighted by Crippen LogP contribution is -2.36. The molecule has 1 aromatic carbocycles. The molecule has 7 heteroatoms. The average Bonchev–Trinajstić information content (AvgIpc) is 3.16. The molecule has 0 aliphatic heterocycles. The van der Waals surface area contributed by atoms with Gasteiger partial charge in [-0.05, 0) is 37.5 Å². The summed E-state index contributed by atoms with van der Waals surface area (Å²) in [4.78, 5) is -0.00653. The number of hydrogen-bond donors (Lipinski definition) is 2. The Labute approximate surface area is 118 Å². The van der Waals surface area contributed by atoms with E-state index in [9.17, 15) is 12.8 Å². The number of rotatable bonds is 6. The van der Waals surface area contributed by atoms with E-state index in [1.807, 2.05) is 0 Å². The number of aryl methyl sites for hydroxylation is 1. The van der Waals surface area contributed by atoms with E-state index in [-0.39, 0.29) is 29.7 Å². The Morgan fingerprint density at radius 2 is 2.15 bits per heavy atom. The van der Waals surface area contributed by atoms with E-state index < -0.39 is 15.8 Å². The summed E-state index contributed by atoms with van der Waals surface area (Å²) in [7, 11) is -3.75. The zero-order valence-electron chi connectivity index (χ0n) is 11.3. The van der Waals surface area contributed by atoms with Gasteiger partial charge in [-0.25, -0.2) is 12.8 Å². The van der Waals surface area contributed by atoms with E-state index in [2.05, 4.69) is 0 Å². The van der Waals surface area contributed by atoms with Crippen molar-refractivity contribution in [1.82, 2.24) is 4.31 Å². The highest BCUT2D eigenvalue weighted by Crippen LogP contribution is 2.33. The van der Waals surface area contributed by atoms with Crippen molar-refractivity contribution in [2.75, 3.05) is 6.54 Å². The molecule has 1 fully saturated rings. The molecular weight excluding hydrogens is 281 g/mol. The summed E-state index contributed by atoms with van der Waals surface area (Å²) in [5, 5.41) is 7.23. The predicted octanol–water partition coefficient (Wildman–Crippen LogP) is 1.61. The number of nitrogens with zero attached hydrogens (tertiary/aromatic N) is 1. The van der Waals surface area contributed by atoms with Crippen molar-refractivity contribution < 1.29 is 12.8 Å². The Hall–Kier alpha value is -1.47. The van der Waals surface area contributed by atoms with Crippen molar-refractivity contribution in [2.45, 2.75) is 37.1 Å². The first-order valence-electron chi connectivity index (χ1n) is 6.43. The van der Waals surface area contributed by atoms with Crippen LogP contribution in [0.2, 0.25) is 0 Å². The van der Waals surface area contributed by atoms with Crippen molar-refractivity contribution in [2.24, 2.45) is 5.73 Å². The minimum Gasteiger partial charge on any atom is -0.388 e. The third kappa shape index (κ3) is 3.16. The second kappa shape index (κ2) is 5.49. The predicted molar refractivity (Wildman–Crippen MR) is 74.6 cm³/mol. The van der Waals surface area contributed by atoms with Crippen molar-refractivity contribution in [3.05, 3.63) is 29.6 Å². The van der Waals surface area contributed by atoms with Gasteiger partial charge in [0.25, 0.3) is 0 Å². The molecule has 1 aromatic rings. The number of sulfonamides is 1. The van der Waals surface area contributed by atoms with Crippen LogP contribution in [-0.2, 0) is 10.0 Å². The summed E-state index contributed by atoms with van der Waals surface area (Å²) in [5.74, 6) is -0.627. The fourth-order valence-corrected chi connectivity index (χ4v) is 3.99. The molecule has 20 heavy (non-hydrogen) atoms. The van der Waals surface area contributed by atoms with Crippen LogP contribution >= 0.6 is 0 Å². The summed E-state index contributed by atoms with van der Waals surface area (Å²) < 4.78 is 40.0. The lowest BCUT2D eigenvalue weighted by atomic mass is 10.2. The molecule has 0 heterocycles. The maximum atomic E-state index is 13.3. The molecular formula is C13H18FN3O2S. The van der Waals surface area contributed by atoms with Crippen molar-refractivity contribution in [3.8, 4) is 0 Å². The molecule has 0 saturated heterocycles. The van der Waals surface area contributed by atoms with Crippen LogP contribution < -0.4 is 5.73 Å². The van der Waals surface area contributed by atoms with Crippen molar-refractivity contribution in [1.29, 1.82) is 5.41 Å². The van der Waals surface area contributed by atoms with Crippen LogP contribution in [-0.4, -0.2) is 31.1 Å². The van der Waals surface area contributed by atoms with E-state index in [0.717, 1.165) is 18.9 Å². The number of benzene rings is 1. The average molecular weight is 299 g/mol.